The van der Waals surface area contributed by atoms with E-state index in [1.54, 1.807) is 44.5 Å². The van der Waals surface area contributed by atoms with E-state index < -0.39 is 0 Å². The highest BCUT2D eigenvalue weighted by atomic mass is 14.3. The third kappa shape index (κ3) is 6.91. The quantitative estimate of drug-likeness (QED) is 0.240. The van der Waals surface area contributed by atoms with Crippen LogP contribution in [0.25, 0.3) is 0 Å². The lowest BCUT2D eigenvalue weighted by atomic mass is 9.73. The molecule has 0 aromatic heterocycles. The summed E-state index contributed by atoms with van der Waals surface area (Å²) in [6.07, 6.45) is 8.27. The van der Waals surface area contributed by atoms with Crippen molar-refractivity contribution in [3.63, 3.8) is 0 Å². The summed E-state index contributed by atoms with van der Waals surface area (Å²) in [5.41, 5.74) is 13.1. The predicted octanol–water partition coefficient (Wildman–Crippen LogP) is 12.4. The summed E-state index contributed by atoms with van der Waals surface area (Å²) < 4.78 is 0. The van der Waals surface area contributed by atoms with Crippen LogP contribution < -0.4 is 0 Å². The van der Waals surface area contributed by atoms with Crippen LogP contribution in [0.3, 0.4) is 0 Å². The largest absolute Gasteiger partial charge is 0.0648 e. The zero-order valence-corrected chi connectivity index (χ0v) is 26.7. The van der Waals surface area contributed by atoms with E-state index in [1.807, 2.05) is 0 Å². The lowest BCUT2D eigenvalue weighted by Crippen LogP contribution is -2.16. The van der Waals surface area contributed by atoms with E-state index in [0.717, 1.165) is 6.42 Å². The summed E-state index contributed by atoms with van der Waals surface area (Å²) in [5.74, 6) is 3.53. The van der Waals surface area contributed by atoms with Crippen molar-refractivity contribution in [2.75, 3.05) is 0 Å². The maximum atomic E-state index is 2.52. The fourth-order valence-corrected chi connectivity index (χ4v) is 6.21. The summed E-state index contributed by atoms with van der Waals surface area (Å²) in [4.78, 5) is 0. The standard InChI is InChI=1S/C37H60/c1-13-24(7)30-19-21-32(26(9)15-3)36(28(11)17-5)34(30)23-35-31(25(8)14-2)20-22-33(27(10)16-4)37(35)29(12)18-6/h19-22,24-29H,13-18,23H2,1-12H3. The van der Waals surface area contributed by atoms with Gasteiger partial charge < -0.3 is 0 Å². The second kappa shape index (κ2) is 14.6. The van der Waals surface area contributed by atoms with Gasteiger partial charge in [0.25, 0.3) is 0 Å². The van der Waals surface area contributed by atoms with Gasteiger partial charge in [0.05, 0.1) is 0 Å². The molecule has 0 saturated heterocycles. The fraction of sp³-hybridized carbons (Fsp3) is 0.676. The van der Waals surface area contributed by atoms with E-state index in [2.05, 4.69) is 107 Å². The molecule has 0 aliphatic rings. The van der Waals surface area contributed by atoms with Crippen LogP contribution in [0.4, 0.5) is 0 Å². The van der Waals surface area contributed by atoms with Gasteiger partial charge in [-0.25, -0.2) is 0 Å². The third-order valence-corrected chi connectivity index (χ3v) is 9.99. The molecule has 0 heterocycles. The molecule has 2 aromatic rings. The van der Waals surface area contributed by atoms with Crippen LogP contribution in [0.1, 0.15) is 202 Å². The number of hydrogen-bond acceptors (Lipinski definition) is 0. The first-order valence-corrected chi connectivity index (χ1v) is 15.9. The highest BCUT2D eigenvalue weighted by Gasteiger charge is 2.27. The average Bonchev–Trinajstić information content (AvgIpc) is 2.93. The second-order valence-electron chi connectivity index (χ2n) is 12.3. The summed E-state index contributed by atoms with van der Waals surface area (Å²) in [6, 6.07) is 10.0. The fourth-order valence-electron chi connectivity index (χ4n) is 6.21. The lowest BCUT2D eigenvalue weighted by molar-refractivity contribution is 0.645. The normalized spacial score (nSPS) is 16.8. The molecule has 0 aliphatic heterocycles. The Balaban J connectivity index is 3.03. The van der Waals surface area contributed by atoms with Crippen LogP contribution in [-0.2, 0) is 6.42 Å². The molecule has 0 heteroatoms. The topological polar surface area (TPSA) is 0 Å². The minimum atomic E-state index is 0.583. The van der Waals surface area contributed by atoms with Gasteiger partial charge in [-0.3, -0.25) is 0 Å². The van der Waals surface area contributed by atoms with Crippen molar-refractivity contribution < 1.29 is 0 Å². The van der Waals surface area contributed by atoms with Crippen LogP contribution >= 0.6 is 0 Å². The highest BCUT2D eigenvalue weighted by molar-refractivity contribution is 5.53. The Morgan fingerprint density at radius 3 is 0.892 bits per heavy atom. The van der Waals surface area contributed by atoms with E-state index >= 15 is 0 Å². The SMILES string of the molecule is CCC(C)c1ccc(C(C)CC)c(C(C)CC)c1Cc1c(C(C)CC)ccc(C(C)CC)c1C(C)CC. The van der Waals surface area contributed by atoms with E-state index in [4.69, 9.17) is 0 Å². The summed E-state index contributed by atoms with van der Waals surface area (Å²) in [7, 11) is 0. The highest BCUT2D eigenvalue weighted by Crippen LogP contribution is 2.43. The van der Waals surface area contributed by atoms with Crippen molar-refractivity contribution in [1.82, 2.24) is 0 Å². The molecule has 0 saturated carbocycles. The summed E-state index contributed by atoms with van der Waals surface area (Å²) in [6.45, 7) is 28.9. The number of hydrogen-bond donors (Lipinski definition) is 0. The lowest BCUT2D eigenvalue weighted by Gasteiger charge is -2.31. The molecule has 208 valence electrons. The Bertz CT molecular complexity index is 901. The smallest absolute Gasteiger partial charge is 0.00142 e. The van der Waals surface area contributed by atoms with Crippen molar-refractivity contribution >= 4 is 0 Å². The van der Waals surface area contributed by atoms with Crippen molar-refractivity contribution in [1.29, 1.82) is 0 Å². The van der Waals surface area contributed by atoms with Gasteiger partial charge in [-0.15, -0.1) is 0 Å². The van der Waals surface area contributed by atoms with Crippen LogP contribution in [0.2, 0.25) is 0 Å². The molecule has 37 heavy (non-hydrogen) atoms. The van der Waals surface area contributed by atoms with Gasteiger partial charge in [0, 0.05) is 0 Å². The van der Waals surface area contributed by atoms with E-state index in [1.165, 1.54) is 38.5 Å². The average molecular weight is 505 g/mol. The third-order valence-electron chi connectivity index (χ3n) is 9.99. The molecule has 0 nitrogen and oxygen atoms in total. The van der Waals surface area contributed by atoms with Gasteiger partial charge in [-0.2, -0.15) is 0 Å². The molecule has 0 bridgehead atoms. The molecule has 6 atom stereocenters. The molecule has 0 spiro atoms. The molecular weight excluding hydrogens is 444 g/mol. The van der Waals surface area contributed by atoms with Gasteiger partial charge in [0.15, 0.2) is 0 Å². The van der Waals surface area contributed by atoms with Gasteiger partial charge in [-0.1, -0.05) is 107 Å². The van der Waals surface area contributed by atoms with Crippen LogP contribution in [0.15, 0.2) is 24.3 Å². The van der Waals surface area contributed by atoms with Crippen LogP contribution in [-0.4, -0.2) is 0 Å². The van der Waals surface area contributed by atoms with Crippen molar-refractivity contribution in [3.8, 4) is 0 Å². The van der Waals surface area contributed by atoms with E-state index in [-0.39, 0.29) is 0 Å². The van der Waals surface area contributed by atoms with Crippen molar-refractivity contribution in [2.45, 2.75) is 164 Å². The zero-order valence-electron chi connectivity index (χ0n) is 26.7. The van der Waals surface area contributed by atoms with Gasteiger partial charge in [0.2, 0.25) is 0 Å². The maximum absolute atomic E-state index is 2.52. The first-order chi connectivity index (χ1) is 17.6. The molecular formula is C37H60. The van der Waals surface area contributed by atoms with E-state index in [9.17, 15) is 0 Å². The minimum Gasteiger partial charge on any atom is -0.0648 e. The molecule has 6 unspecified atom stereocenters. The van der Waals surface area contributed by atoms with Crippen molar-refractivity contribution in [3.05, 3.63) is 68.8 Å². The van der Waals surface area contributed by atoms with Gasteiger partial charge in [-0.05, 0) is 125 Å². The second-order valence-corrected chi connectivity index (χ2v) is 12.3. The van der Waals surface area contributed by atoms with Crippen LogP contribution in [0.5, 0.6) is 0 Å². The van der Waals surface area contributed by atoms with Gasteiger partial charge in [0.1, 0.15) is 0 Å². The van der Waals surface area contributed by atoms with Gasteiger partial charge >= 0.3 is 0 Å². The Kier molecular flexibility index (Phi) is 12.5. The summed E-state index contributed by atoms with van der Waals surface area (Å²) >= 11 is 0. The monoisotopic (exact) mass is 504 g/mol. The first-order valence-electron chi connectivity index (χ1n) is 15.9. The molecule has 0 amide bonds. The molecule has 0 fully saturated rings. The molecule has 2 aromatic carbocycles. The maximum Gasteiger partial charge on any atom is -0.00142 e. The number of benzene rings is 2. The Labute approximate surface area is 232 Å². The minimum absolute atomic E-state index is 0.583. The Hall–Kier alpha value is -1.56. The molecule has 2 rings (SSSR count). The molecule has 0 aliphatic carbocycles. The Morgan fingerprint density at radius 2 is 0.622 bits per heavy atom. The first kappa shape index (κ1) is 31.7. The summed E-state index contributed by atoms with van der Waals surface area (Å²) in [5, 5.41) is 0. The van der Waals surface area contributed by atoms with Crippen molar-refractivity contribution in [2.24, 2.45) is 0 Å². The van der Waals surface area contributed by atoms with E-state index in [0.29, 0.717) is 35.5 Å². The predicted molar refractivity (Wildman–Crippen MR) is 168 cm³/mol. The Morgan fingerprint density at radius 1 is 0.378 bits per heavy atom. The molecule has 0 N–H and O–H groups in total. The van der Waals surface area contributed by atoms with Crippen LogP contribution in [0, 0.1) is 0 Å². The number of rotatable bonds is 14. The molecule has 0 radical (unpaired) electrons. The zero-order chi connectivity index (χ0) is 27.9.